The smallest absolute Gasteiger partial charge is 0.0992 e. The number of benzene rings is 2. The van der Waals surface area contributed by atoms with Crippen LogP contribution in [-0.2, 0) is 0 Å². The summed E-state index contributed by atoms with van der Waals surface area (Å²) in [6.07, 6.45) is 0. The van der Waals surface area contributed by atoms with E-state index >= 15 is 0 Å². The van der Waals surface area contributed by atoms with Gasteiger partial charge in [-0.1, -0.05) is 33.6 Å². The highest BCUT2D eigenvalue weighted by Gasteiger charge is 2.05. The molecule has 0 aliphatic heterocycles. The number of nitrogens with one attached hydrogen (secondary N) is 1. The summed E-state index contributed by atoms with van der Waals surface area (Å²) in [5.41, 5.74) is 6.33. The first-order valence-corrected chi connectivity index (χ1v) is 6.84. The third-order valence-corrected chi connectivity index (χ3v) is 3.43. The van der Waals surface area contributed by atoms with Crippen molar-refractivity contribution < 1.29 is 0 Å². The second-order valence-corrected chi connectivity index (χ2v) is 5.65. The molecular formula is C16H15BrN2. The van der Waals surface area contributed by atoms with Crippen molar-refractivity contribution >= 4 is 27.3 Å². The van der Waals surface area contributed by atoms with E-state index < -0.39 is 0 Å². The van der Waals surface area contributed by atoms with Crippen molar-refractivity contribution in [3.63, 3.8) is 0 Å². The van der Waals surface area contributed by atoms with Crippen LogP contribution in [0.1, 0.15) is 22.3 Å². The third kappa shape index (κ3) is 3.15. The van der Waals surface area contributed by atoms with Gasteiger partial charge in [0, 0.05) is 15.8 Å². The van der Waals surface area contributed by atoms with Gasteiger partial charge in [0.25, 0.3) is 0 Å². The van der Waals surface area contributed by atoms with E-state index in [9.17, 15) is 0 Å². The summed E-state index contributed by atoms with van der Waals surface area (Å²) in [7, 11) is 0. The van der Waals surface area contributed by atoms with Crippen LogP contribution in [0.5, 0.6) is 0 Å². The fourth-order valence-corrected chi connectivity index (χ4v) is 2.74. The second-order valence-electron chi connectivity index (χ2n) is 4.74. The zero-order valence-corrected chi connectivity index (χ0v) is 12.8. The molecule has 2 rings (SSSR count). The molecule has 0 aliphatic carbocycles. The average molecular weight is 315 g/mol. The maximum atomic E-state index is 9.00. The summed E-state index contributed by atoms with van der Waals surface area (Å²) < 4.78 is 0.900. The summed E-state index contributed by atoms with van der Waals surface area (Å²) in [5.74, 6) is 0. The Morgan fingerprint density at radius 1 is 1.00 bits per heavy atom. The van der Waals surface area contributed by atoms with Gasteiger partial charge < -0.3 is 5.32 Å². The summed E-state index contributed by atoms with van der Waals surface area (Å²) in [4.78, 5) is 0. The molecule has 0 saturated carbocycles. The average Bonchev–Trinajstić information content (AvgIpc) is 2.33. The monoisotopic (exact) mass is 314 g/mol. The van der Waals surface area contributed by atoms with Crippen molar-refractivity contribution in [3.05, 3.63) is 57.1 Å². The standard InChI is InChI=1S/C16H15BrN2/c1-10-4-11(2)16(12(3)5-10)19-15-7-13(9-18)6-14(17)8-15/h4-8,19H,1-3H3. The van der Waals surface area contributed by atoms with Gasteiger partial charge in [-0.2, -0.15) is 5.26 Å². The number of hydrogen-bond donors (Lipinski definition) is 1. The molecule has 1 N–H and O–H groups in total. The van der Waals surface area contributed by atoms with E-state index in [-0.39, 0.29) is 0 Å². The topological polar surface area (TPSA) is 35.8 Å². The van der Waals surface area contributed by atoms with Gasteiger partial charge in [0.2, 0.25) is 0 Å². The Balaban J connectivity index is 2.42. The molecule has 0 amide bonds. The Labute approximate surface area is 122 Å². The van der Waals surface area contributed by atoms with Gasteiger partial charge in [0.05, 0.1) is 11.6 Å². The van der Waals surface area contributed by atoms with Crippen LogP contribution in [0.25, 0.3) is 0 Å². The molecular weight excluding hydrogens is 300 g/mol. The van der Waals surface area contributed by atoms with Crippen LogP contribution in [0.2, 0.25) is 0 Å². The normalized spacial score (nSPS) is 10.1. The zero-order chi connectivity index (χ0) is 14.0. The Bertz CT molecular complexity index is 646. The summed E-state index contributed by atoms with van der Waals surface area (Å²) in [6.45, 7) is 6.27. The van der Waals surface area contributed by atoms with Gasteiger partial charge in [0.1, 0.15) is 0 Å². The predicted octanol–water partition coefficient (Wildman–Crippen LogP) is 4.99. The SMILES string of the molecule is Cc1cc(C)c(Nc2cc(Br)cc(C#N)c2)c(C)c1. The first kappa shape index (κ1) is 13.6. The van der Waals surface area contributed by atoms with Crippen molar-refractivity contribution in [1.29, 1.82) is 5.26 Å². The van der Waals surface area contributed by atoms with Crippen molar-refractivity contribution in [3.8, 4) is 6.07 Å². The van der Waals surface area contributed by atoms with Crippen molar-refractivity contribution in [1.82, 2.24) is 0 Å². The van der Waals surface area contributed by atoms with E-state index in [4.69, 9.17) is 5.26 Å². The Kier molecular flexibility index (Phi) is 3.92. The van der Waals surface area contributed by atoms with Crippen molar-refractivity contribution in [2.24, 2.45) is 0 Å². The van der Waals surface area contributed by atoms with Crippen LogP contribution in [-0.4, -0.2) is 0 Å². The molecule has 0 aromatic heterocycles. The molecule has 0 heterocycles. The lowest BCUT2D eigenvalue weighted by Crippen LogP contribution is -1.97. The molecule has 0 spiro atoms. The lowest BCUT2D eigenvalue weighted by atomic mass is 10.0. The molecule has 3 heteroatoms. The number of nitrogens with zero attached hydrogens (tertiary/aromatic N) is 1. The number of halogens is 1. The molecule has 0 radical (unpaired) electrons. The summed E-state index contributed by atoms with van der Waals surface area (Å²) in [6, 6.07) is 12.1. The lowest BCUT2D eigenvalue weighted by Gasteiger charge is -2.14. The molecule has 19 heavy (non-hydrogen) atoms. The highest BCUT2D eigenvalue weighted by molar-refractivity contribution is 9.10. The van der Waals surface area contributed by atoms with E-state index in [1.165, 1.54) is 16.7 Å². The summed E-state index contributed by atoms with van der Waals surface area (Å²) >= 11 is 3.42. The van der Waals surface area contributed by atoms with Crippen LogP contribution >= 0.6 is 15.9 Å². The number of aryl methyl sites for hydroxylation is 3. The first-order valence-electron chi connectivity index (χ1n) is 6.05. The number of anilines is 2. The largest absolute Gasteiger partial charge is 0.355 e. The number of rotatable bonds is 2. The molecule has 0 aliphatic rings. The van der Waals surface area contributed by atoms with E-state index in [0.717, 1.165) is 15.8 Å². The minimum Gasteiger partial charge on any atom is -0.355 e. The molecule has 2 aromatic carbocycles. The Morgan fingerprint density at radius 3 is 2.21 bits per heavy atom. The van der Waals surface area contributed by atoms with Crippen molar-refractivity contribution in [2.75, 3.05) is 5.32 Å². The van der Waals surface area contributed by atoms with Crippen LogP contribution in [0.15, 0.2) is 34.8 Å². The van der Waals surface area contributed by atoms with Crippen LogP contribution < -0.4 is 5.32 Å². The van der Waals surface area contributed by atoms with Crippen LogP contribution in [0.3, 0.4) is 0 Å². The minimum atomic E-state index is 0.638. The molecule has 0 unspecified atom stereocenters. The molecule has 0 fully saturated rings. The highest BCUT2D eigenvalue weighted by Crippen LogP contribution is 2.28. The first-order chi connectivity index (χ1) is 8.99. The Morgan fingerprint density at radius 2 is 1.63 bits per heavy atom. The summed E-state index contributed by atoms with van der Waals surface area (Å²) in [5, 5.41) is 12.4. The quantitative estimate of drug-likeness (QED) is 0.847. The van der Waals surface area contributed by atoms with Gasteiger partial charge in [0.15, 0.2) is 0 Å². The predicted molar refractivity (Wildman–Crippen MR) is 82.8 cm³/mol. The zero-order valence-electron chi connectivity index (χ0n) is 11.2. The van der Waals surface area contributed by atoms with Gasteiger partial charge in [-0.3, -0.25) is 0 Å². The van der Waals surface area contributed by atoms with Gasteiger partial charge in [-0.15, -0.1) is 0 Å². The maximum Gasteiger partial charge on any atom is 0.0992 e. The van der Waals surface area contributed by atoms with Crippen LogP contribution in [0.4, 0.5) is 11.4 Å². The second kappa shape index (κ2) is 5.46. The highest BCUT2D eigenvalue weighted by atomic mass is 79.9. The van der Waals surface area contributed by atoms with E-state index in [1.54, 1.807) is 6.07 Å². The molecule has 0 saturated heterocycles. The van der Waals surface area contributed by atoms with Gasteiger partial charge in [-0.05, 0) is 50.1 Å². The Hall–Kier alpha value is -1.79. The molecule has 96 valence electrons. The van der Waals surface area contributed by atoms with Crippen LogP contribution in [0, 0.1) is 32.1 Å². The van der Waals surface area contributed by atoms with E-state index in [0.29, 0.717) is 5.56 Å². The molecule has 0 bridgehead atoms. The maximum absolute atomic E-state index is 9.00. The third-order valence-electron chi connectivity index (χ3n) is 2.97. The van der Waals surface area contributed by atoms with Gasteiger partial charge >= 0.3 is 0 Å². The number of hydrogen-bond acceptors (Lipinski definition) is 2. The molecule has 2 nitrogen and oxygen atoms in total. The van der Waals surface area contributed by atoms with E-state index in [2.05, 4.69) is 60.2 Å². The van der Waals surface area contributed by atoms with E-state index in [1.807, 2.05) is 12.1 Å². The minimum absolute atomic E-state index is 0.638. The van der Waals surface area contributed by atoms with Crippen molar-refractivity contribution in [2.45, 2.75) is 20.8 Å². The molecule has 0 atom stereocenters. The molecule has 2 aromatic rings. The lowest BCUT2D eigenvalue weighted by molar-refractivity contribution is 1.31. The van der Waals surface area contributed by atoms with Gasteiger partial charge in [-0.25, -0.2) is 0 Å². The number of nitriles is 1. The fourth-order valence-electron chi connectivity index (χ4n) is 2.25. The fraction of sp³-hybridized carbons (Fsp3) is 0.188.